The average molecular weight is 229 g/mol. The molecule has 0 fully saturated rings. The Morgan fingerprint density at radius 1 is 1.58 bits per heavy atom. The van der Waals surface area contributed by atoms with E-state index in [2.05, 4.69) is 21.4 Å². The molecule has 0 aliphatic rings. The summed E-state index contributed by atoms with van der Waals surface area (Å²) >= 11 is 3.31. The molecule has 0 radical (unpaired) electrons. The summed E-state index contributed by atoms with van der Waals surface area (Å²) in [7, 11) is 0. The summed E-state index contributed by atoms with van der Waals surface area (Å²) in [5.74, 6) is 5.23. The molecule has 0 saturated carbocycles. The van der Waals surface area contributed by atoms with Gasteiger partial charge in [-0.15, -0.1) is 0 Å². The van der Waals surface area contributed by atoms with Crippen LogP contribution in [0.5, 0.6) is 0 Å². The zero-order valence-electron chi connectivity index (χ0n) is 6.38. The van der Waals surface area contributed by atoms with Crippen molar-refractivity contribution in [2.75, 3.05) is 5.43 Å². The summed E-state index contributed by atoms with van der Waals surface area (Å²) in [6.07, 6.45) is 0.771. The van der Waals surface area contributed by atoms with Gasteiger partial charge in [0.15, 0.2) is 6.29 Å². The number of nitrogens with two attached hydrogens (primary N) is 1. The predicted molar refractivity (Wildman–Crippen MR) is 52.3 cm³/mol. The van der Waals surface area contributed by atoms with Gasteiger partial charge in [0.25, 0.3) is 0 Å². The van der Waals surface area contributed by atoms with E-state index in [0.717, 1.165) is 17.2 Å². The standard InChI is InChI=1S/C8H9BrN2O/c9-4-6-1-2-7(5-12)8(3-6)11-10/h1-3,5,11H,4,10H2. The van der Waals surface area contributed by atoms with E-state index >= 15 is 0 Å². The summed E-state index contributed by atoms with van der Waals surface area (Å²) in [4.78, 5) is 10.5. The number of benzene rings is 1. The molecule has 0 aliphatic carbocycles. The van der Waals surface area contributed by atoms with Crippen LogP contribution < -0.4 is 11.3 Å². The molecule has 1 aromatic carbocycles. The molecule has 1 aromatic rings. The normalized spacial score (nSPS) is 9.50. The molecule has 0 saturated heterocycles. The molecule has 0 aliphatic heterocycles. The number of aldehydes is 1. The maximum Gasteiger partial charge on any atom is 0.152 e. The number of alkyl halides is 1. The third kappa shape index (κ3) is 1.84. The Bertz CT molecular complexity index is 288. The van der Waals surface area contributed by atoms with E-state index in [-0.39, 0.29) is 0 Å². The van der Waals surface area contributed by atoms with Gasteiger partial charge in [-0.1, -0.05) is 22.0 Å². The first kappa shape index (κ1) is 9.22. The highest BCUT2D eigenvalue weighted by Crippen LogP contribution is 2.16. The van der Waals surface area contributed by atoms with Gasteiger partial charge in [-0.3, -0.25) is 10.6 Å². The lowest BCUT2D eigenvalue weighted by Crippen LogP contribution is -2.09. The van der Waals surface area contributed by atoms with Crippen molar-refractivity contribution in [2.45, 2.75) is 5.33 Å². The van der Waals surface area contributed by atoms with Crippen LogP contribution in [0.2, 0.25) is 0 Å². The Hall–Kier alpha value is -0.870. The number of nitrogens with one attached hydrogen (secondary N) is 1. The maximum atomic E-state index is 10.5. The molecule has 0 bridgehead atoms. The van der Waals surface area contributed by atoms with Gasteiger partial charge in [0.1, 0.15) is 0 Å². The van der Waals surface area contributed by atoms with Crippen LogP contribution in [0.4, 0.5) is 5.69 Å². The molecular formula is C8H9BrN2O. The van der Waals surface area contributed by atoms with Gasteiger partial charge in [-0.2, -0.15) is 0 Å². The fraction of sp³-hybridized carbons (Fsp3) is 0.125. The van der Waals surface area contributed by atoms with E-state index in [1.54, 1.807) is 6.07 Å². The fourth-order valence-corrected chi connectivity index (χ4v) is 1.26. The smallest absolute Gasteiger partial charge is 0.152 e. The zero-order chi connectivity index (χ0) is 8.97. The molecule has 0 amide bonds. The van der Waals surface area contributed by atoms with Crippen molar-refractivity contribution in [3.05, 3.63) is 29.3 Å². The number of hydrogen-bond acceptors (Lipinski definition) is 3. The van der Waals surface area contributed by atoms with E-state index in [0.29, 0.717) is 11.3 Å². The van der Waals surface area contributed by atoms with Gasteiger partial charge in [0.2, 0.25) is 0 Å². The van der Waals surface area contributed by atoms with Gasteiger partial charge in [0, 0.05) is 10.9 Å². The SMILES string of the molecule is NNc1cc(CBr)ccc1C=O. The number of halogens is 1. The van der Waals surface area contributed by atoms with E-state index in [1.807, 2.05) is 12.1 Å². The van der Waals surface area contributed by atoms with Crippen LogP contribution in [-0.2, 0) is 5.33 Å². The zero-order valence-corrected chi connectivity index (χ0v) is 7.97. The molecular weight excluding hydrogens is 220 g/mol. The first-order valence-electron chi connectivity index (χ1n) is 3.42. The number of hydrazine groups is 1. The molecule has 0 atom stereocenters. The summed E-state index contributed by atoms with van der Waals surface area (Å²) < 4.78 is 0. The third-order valence-corrected chi connectivity index (χ3v) is 2.20. The number of hydrogen-bond donors (Lipinski definition) is 2. The molecule has 3 nitrogen and oxygen atoms in total. The van der Waals surface area contributed by atoms with E-state index < -0.39 is 0 Å². The lowest BCUT2D eigenvalue weighted by atomic mass is 10.1. The molecule has 0 heterocycles. The van der Waals surface area contributed by atoms with E-state index in [1.165, 1.54) is 0 Å². The van der Waals surface area contributed by atoms with Crippen LogP contribution in [0, 0.1) is 0 Å². The first-order valence-corrected chi connectivity index (χ1v) is 4.54. The first-order chi connectivity index (χ1) is 5.81. The second-order valence-corrected chi connectivity index (χ2v) is 2.88. The van der Waals surface area contributed by atoms with Crippen LogP contribution in [-0.4, -0.2) is 6.29 Å². The van der Waals surface area contributed by atoms with Crippen LogP contribution in [0.1, 0.15) is 15.9 Å². The van der Waals surface area contributed by atoms with Crippen LogP contribution in [0.15, 0.2) is 18.2 Å². The number of rotatable bonds is 3. The number of carbonyl (C=O) groups is 1. The van der Waals surface area contributed by atoms with Crippen molar-refractivity contribution < 1.29 is 4.79 Å². The minimum Gasteiger partial charge on any atom is -0.323 e. The Labute approximate surface area is 79.1 Å². The Morgan fingerprint density at radius 3 is 2.83 bits per heavy atom. The maximum absolute atomic E-state index is 10.5. The summed E-state index contributed by atoms with van der Waals surface area (Å²) in [5.41, 5.74) is 4.77. The Morgan fingerprint density at radius 2 is 2.33 bits per heavy atom. The molecule has 12 heavy (non-hydrogen) atoms. The van der Waals surface area contributed by atoms with Gasteiger partial charge >= 0.3 is 0 Å². The largest absolute Gasteiger partial charge is 0.323 e. The van der Waals surface area contributed by atoms with Crippen molar-refractivity contribution in [2.24, 2.45) is 5.84 Å². The topological polar surface area (TPSA) is 55.1 Å². The van der Waals surface area contributed by atoms with Crippen LogP contribution in [0.3, 0.4) is 0 Å². The Kier molecular flexibility index (Phi) is 3.25. The number of anilines is 1. The second kappa shape index (κ2) is 4.23. The minimum absolute atomic E-state index is 0.571. The lowest BCUT2D eigenvalue weighted by molar-refractivity contribution is 0.112. The highest BCUT2D eigenvalue weighted by atomic mass is 79.9. The molecule has 64 valence electrons. The number of carbonyl (C=O) groups excluding carboxylic acids is 1. The van der Waals surface area contributed by atoms with Crippen molar-refractivity contribution in [3.63, 3.8) is 0 Å². The van der Waals surface area contributed by atoms with E-state index in [9.17, 15) is 4.79 Å². The van der Waals surface area contributed by atoms with Gasteiger partial charge in [0.05, 0.1) is 5.69 Å². The third-order valence-electron chi connectivity index (χ3n) is 1.55. The minimum atomic E-state index is 0.571. The molecule has 0 spiro atoms. The summed E-state index contributed by atoms with van der Waals surface area (Å²) in [6, 6.07) is 5.44. The molecule has 4 heteroatoms. The quantitative estimate of drug-likeness (QED) is 0.359. The number of nitrogen functional groups attached to an aromatic ring is 1. The molecule has 0 aromatic heterocycles. The molecule has 0 unspecified atom stereocenters. The van der Waals surface area contributed by atoms with Gasteiger partial charge in [-0.25, -0.2) is 0 Å². The summed E-state index contributed by atoms with van der Waals surface area (Å²) in [6.45, 7) is 0. The molecule has 3 N–H and O–H groups in total. The Balaban J connectivity index is 3.10. The van der Waals surface area contributed by atoms with Crippen molar-refractivity contribution in [1.29, 1.82) is 0 Å². The second-order valence-electron chi connectivity index (χ2n) is 2.32. The fourth-order valence-electron chi connectivity index (χ4n) is 0.914. The van der Waals surface area contributed by atoms with Crippen LogP contribution >= 0.6 is 15.9 Å². The highest BCUT2D eigenvalue weighted by Gasteiger charge is 2.00. The summed E-state index contributed by atoms with van der Waals surface area (Å²) in [5, 5.41) is 0.751. The monoisotopic (exact) mass is 228 g/mol. The van der Waals surface area contributed by atoms with Crippen LogP contribution in [0.25, 0.3) is 0 Å². The van der Waals surface area contributed by atoms with Crippen molar-refractivity contribution in [3.8, 4) is 0 Å². The predicted octanol–water partition coefficient (Wildman–Crippen LogP) is 1.68. The van der Waals surface area contributed by atoms with Gasteiger partial charge in [-0.05, 0) is 17.7 Å². The van der Waals surface area contributed by atoms with Crippen molar-refractivity contribution in [1.82, 2.24) is 0 Å². The van der Waals surface area contributed by atoms with Crippen molar-refractivity contribution >= 4 is 27.9 Å². The molecule has 1 rings (SSSR count). The lowest BCUT2D eigenvalue weighted by Gasteiger charge is -2.04. The van der Waals surface area contributed by atoms with E-state index in [4.69, 9.17) is 5.84 Å². The highest BCUT2D eigenvalue weighted by molar-refractivity contribution is 9.08. The van der Waals surface area contributed by atoms with Gasteiger partial charge < -0.3 is 5.43 Å². The average Bonchev–Trinajstić information content (AvgIpc) is 2.16.